The van der Waals surface area contributed by atoms with Crippen molar-refractivity contribution in [1.29, 1.82) is 0 Å². The Labute approximate surface area is 86.5 Å². The fraction of sp³-hybridized carbons (Fsp3) is 1.00. The zero-order valence-electron chi connectivity index (χ0n) is 9.72. The molecule has 1 rings (SSSR count). The van der Waals surface area contributed by atoms with Crippen LogP contribution in [0.15, 0.2) is 0 Å². The molecule has 3 N–H and O–H groups in total. The lowest BCUT2D eigenvalue weighted by Crippen LogP contribution is -2.63. The Morgan fingerprint density at radius 3 is 1.86 bits per heavy atom. The Hall–Kier alpha value is -0.120. The fourth-order valence-corrected chi connectivity index (χ4v) is 3.10. The van der Waals surface area contributed by atoms with Crippen LogP contribution in [0.5, 0.6) is 0 Å². The van der Waals surface area contributed by atoms with Gasteiger partial charge < -0.3 is 15.5 Å². The summed E-state index contributed by atoms with van der Waals surface area (Å²) in [5.74, 6) is 0. The summed E-state index contributed by atoms with van der Waals surface area (Å²) in [6.07, 6.45) is 1.87. The first-order valence-corrected chi connectivity index (χ1v) is 5.31. The van der Waals surface area contributed by atoms with Gasteiger partial charge in [0.15, 0.2) is 0 Å². The molecule has 0 aliphatic carbocycles. The molecule has 0 aromatic heterocycles. The first-order chi connectivity index (χ1) is 6.18. The van der Waals surface area contributed by atoms with Gasteiger partial charge in [-0.3, -0.25) is 0 Å². The van der Waals surface area contributed by atoms with Crippen LogP contribution in [0.2, 0.25) is 0 Å². The summed E-state index contributed by atoms with van der Waals surface area (Å²) < 4.78 is 0. The predicted molar refractivity (Wildman–Crippen MR) is 57.2 cm³/mol. The molecule has 0 saturated carbocycles. The highest BCUT2D eigenvalue weighted by molar-refractivity contribution is 5.03. The zero-order valence-corrected chi connectivity index (χ0v) is 9.72. The third-order valence-electron chi connectivity index (χ3n) is 2.80. The van der Waals surface area contributed by atoms with E-state index in [4.69, 9.17) is 5.11 Å². The molecule has 0 aromatic rings. The van der Waals surface area contributed by atoms with Crippen molar-refractivity contribution >= 4 is 0 Å². The van der Waals surface area contributed by atoms with Crippen molar-refractivity contribution in [2.45, 2.75) is 63.6 Å². The van der Waals surface area contributed by atoms with Crippen molar-refractivity contribution in [2.24, 2.45) is 0 Å². The van der Waals surface area contributed by atoms with Crippen LogP contribution in [0.4, 0.5) is 0 Å². The molecule has 3 heteroatoms. The van der Waals surface area contributed by atoms with Crippen molar-refractivity contribution in [3.05, 3.63) is 0 Å². The predicted octanol–water partition coefficient (Wildman–Crippen LogP) is 1.04. The lowest BCUT2D eigenvalue weighted by molar-refractivity contribution is -0.0690. The quantitative estimate of drug-likeness (QED) is 0.625. The van der Waals surface area contributed by atoms with E-state index in [2.05, 4.69) is 33.0 Å². The van der Waals surface area contributed by atoms with Crippen LogP contribution in [-0.4, -0.2) is 33.5 Å². The van der Waals surface area contributed by atoms with Crippen molar-refractivity contribution in [2.75, 3.05) is 6.61 Å². The highest BCUT2D eigenvalue weighted by atomic mass is 16.3. The highest BCUT2D eigenvalue weighted by Gasteiger charge is 2.45. The van der Waals surface area contributed by atoms with Crippen molar-refractivity contribution in [1.82, 2.24) is 5.32 Å². The number of hydrogen-bond donors (Lipinski definition) is 3. The molecule has 0 bridgehead atoms. The van der Waals surface area contributed by atoms with Crippen LogP contribution in [-0.2, 0) is 0 Å². The Morgan fingerprint density at radius 1 is 1.07 bits per heavy atom. The maximum atomic E-state index is 10.3. The molecule has 0 spiro atoms. The third-order valence-corrected chi connectivity index (χ3v) is 2.80. The summed E-state index contributed by atoms with van der Waals surface area (Å²) in [6, 6.07) is 0. The molecule has 0 atom stereocenters. The van der Waals surface area contributed by atoms with E-state index in [0.717, 1.165) is 0 Å². The minimum Gasteiger partial charge on any atom is -0.396 e. The standard InChI is InChI=1S/C11H23NO2/c1-9(2)7-11(14,5-6-13)8-10(3,4)12-9/h12-14H,5-8H2,1-4H3. The average Bonchev–Trinajstić information content (AvgIpc) is 1.75. The topological polar surface area (TPSA) is 52.5 Å². The minimum absolute atomic E-state index is 0.0582. The maximum Gasteiger partial charge on any atom is 0.0704 e. The first-order valence-electron chi connectivity index (χ1n) is 5.31. The summed E-state index contributed by atoms with van der Waals surface area (Å²) in [5, 5.41) is 22.8. The number of aliphatic hydroxyl groups excluding tert-OH is 1. The van der Waals surface area contributed by atoms with E-state index in [0.29, 0.717) is 19.3 Å². The van der Waals surface area contributed by atoms with Gasteiger partial charge in [0.05, 0.1) is 5.60 Å². The third kappa shape index (κ3) is 2.94. The zero-order chi connectivity index (χ0) is 11.0. The van der Waals surface area contributed by atoms with Gasteiger partial charge in [-0.05, 0) is 47.0 Å². The van der Waals surface area contributed by atoms with Gasteiger partial charge in [-0.2, -0.15) is 0 Å². The molecule has 3 nitrogen and oxygen atoms in total. The van der Waals surface area contributed by atoms with Gasteiger partial charge in [0.25, 0.3) is 0 Å². The van der Waals surface area contributed by atoms with Crippen molar-refractivity contribution in [3.63, 3.8) is 0 Å². The fourth-order valence-electron chi connectivity index (χ4n) is 3.10. The normalized spacial score (nSPS) is 28.7. The number of piperidine rings is 1. The molecule has 1 aliphatic rings. The van der Waals surface area contributed by atoms with E-state index >= 15 is 0 Å². The molecule has 1 saturated heterocycles. The second-order valence-electron chi connectivity index (χ2n) is 5.94. The molecule has 84 valence electrons. The molecule has 0 amide bonds. The van der Waals surface area contributed by atoms with E-state index in [1.807, 2.05) is 0 Å². The molecule has 0 unspecified atom stereocenters. The summed E-state index contributed by atoms with van der Waals surface area (Å²) in [5.41, 5.74) is -0.843. The second-order valence-corrected chi connectivity index (χ2v) is 5.94. The highest BCUT2D eigenvalue weighted by Crippen LogP contribution is 2.37. The van der Waals surface area contributed by atoms with E-state index < -0.39 is 5.60 Å². The molecule has 14 heavy (non-hydrogen) atoms. The van der Waals surface area contributed by atoms with Crippen molar-refractivity contribution < 1.29 is 10.2 Å². The smallest absolute Gasteiger partial charge is 0.0704 e. The maximum absolute atomic E-state index is 10.3. The van der Waals surface area contributed by atoms with Gasteiger partial charge in [-0.1, -0.05) is 0 Å². The van der Waals surface area contributed by atoms with Gasteiger partial charge in [0.1, 0.15) is 0 Å². The van der Waals surface area contributed by atoms with E-state index in [-0.39, 0.29) is 17.7 Å². The second kappa shape index (κ2) is 3.47. The summed E-state index contributed by atoms with van der Waals surface area (Å²) >= 11 is 0. The largest absolute Gasteiger partial charge is 0.396 e. The molecule has 1 heterocycles. The summed E-state index contributed by atoms with van der Waals surface area (Å²) in [6.45, 7) is 8.43. The number of rotatable bonds is 2. The Bertz CT molecular complexity index is 195. The number of nitrogens with one attached hydrogen (secondary N) is 1. The number of hydrogen-bond acceptors (Lipinski definition) is 3. The molecular formula is C11H23NO2. The van der Waals surface area contributed by atoms with Gasteiger partial charge in [0, 0.05) is 17.7 Å². The Kier molecular flexibility index (Phi) is 2.96. The van der Waals surface area contributed by atoms with Crippen molar-refractivity contribution in [3.8, 4) is 0 Å². The van der Waals surface area contributed by atoms with Crippen LogP contribution in [0.3, 0.4) is 0 Å². The van der Waals surface area contributed by atoms with Crippen LogP contribution in [0, 0.1) is 0 Å². The monoisotopic (exact) mass is 201 g/mol. The molecular weight excluding hydrogens is 178 g/mol. The summed E-state index contributed by atoms with van der Waals surface area (Å²) in [7, 11) is 0. The Balaban J connectivity index is 2.80. The lowest BCUT2D eigenvalue weighted by atomic mass is 9.72. The van der Waals surface area contributed by atoms with Gasteiger partial charge in [-0.25, -0.2) is 0 Å². The Morgan fingerprint density at radius 2 is 1.50 bits per heavy atom. The van der Waals surface area contributed by atoms with Gasteiger partial charge in [0.2, 0.25) is 0 Å². The minimum atomic E-state index is -0.715. The molecule has 1 aliphatic heterocycles. The SMILES string of the molecule is CC1(C)CC(O)(CCO)CC(C)(C)N1. The van der Waals surface area contributed by atoms with Crippen LogP contribution in [0.1, 0.15) is 47.0 Å². The van der Waals surface area contributed by atoms with Crippen LogP contribution in [0.25, 0.3) is 0 Å². The van der Waals surface area contributed by atoms with E-state index in [1.165, 1.54) is 0 Å². The van der Waals surface area contributed by atoms with Gasteiger partial charge >= 0.3 is 0 Å². The first kappa shape index (κ1) is 12.0. The van der Waals surface area contributed by atoms with Crippen LogP contribution >= 0.6 is 0 Å². The molecule has 1 fully saturated rings. The van der Waals surface area contributed by atoms with E-state index in [9.17, 15) is 5.11 Å². The summed E-state index contributed by atoms with van der Waals surface area (Å²) in [4.78, 5) is 0. The molecule has 0 aromatic carbocycles. The molecule has 0 radical (unpaired) electrons. The van der Waals surface area contributed by atoms with Crippen LogP contribution < -0.4 is 5.32 Å². The van der Waals surface area contributed by atoms with Gasteiger partial charge in [-0.15, -0.1) is 0 Å². The van der Waals surface area contributed by atoms with E-state index in [1.54, 1.807) is 0 Å². The number of aliphatic hydroxyl groups is 2. The lowest BCUT2D eigenvalue weighted by Gasteiger charge is -2.50. The average molecular weight is 201 g/mol.